The summed E-state index contributed by atoms with van der Waals surface area (Å²) in [5.41, 5.74) is -0.510. The van der Waals surface area contributed by atoms with Crippen molar-refractivity contribution in [1.29, 1.82) is 0 Å². The largest absolute Gasteiger partial charge is 0.389 e. The Morgan fingerprint density at radius 3 is 2.28 bits per heavy atom. The van der Waals surface area contributed by atoms with Crippen LogP contribution >= 0.6 is 0 Å². The number of unbranched alkanes of at least 4 members (excludes halogenated alkanes) is 1. The van der Waals surface area contributed by atoms with Crippen molar-refractivity contribution < 1.29 is 18.7 Å². The lowest BCUT2D eigenvalue weighted by molar-refractivity contribution is -0.152. The van der Waals surface area contributed by atoms with Crippen molar-refractivity contribution in [3.8, 4) is 0 Å². The third-order valence-electron chi connectivity index (χ3n) is 7.89. The summed E-state index contributed by atoms with van der Waals surface area (Å²) in [7, 11) is 0. The van der Waals surface area contributed by atoms with E-state index >= 15 is 0 Å². The summed E-state index contributed by atoms with van der Waals surface area (Å²) in [5.74, 6) is -1.94. The van der Waals surface area contributed by atoms with E-state index in [-0.39, 0.29) is 29.2 Å². The highest BCUT2D eigenvalue weighted by molar-refractivity contribution is 5.81. The molecule has 4 nitrogen and oxygen atoms in total. The number of carbonyl (C=O) groups excluding carboxylic acids is 1. The molecule has 0 bridgehead atoms. The van der Waals surface area contributed by atoms with E-state index < -0.39 is 23.2 Å². The van der Waals surface area contributed by atoms with Crippen LogP contribution in [0.4, 0.5) is 8.78 Å². The molecule has 6 heteroatoms. The minimum atomic E-state index is -0.762. The van der Waals surface area contributed by atoms with Crippen molar-refractivity contribution in [3.63, 3.8) is 0 Å². The number of nitrogens with zero attached hydrogens (tertiary/aromatic N) is 2. The maximum Gasteiger partial charge on any atom is 0.227 e. The van der Waals surface area contributed by atoms with Crippen LogP contribution in [-0.4, -0.2) is 58.1 Å². The standard InChI is InChI=1S/C26H40F2N2O2/c1-7-8-11-26(32)17(2)13-29(14-18(26)3)24(31)22-16-30(25(4,5)6)15-21(22)20-10-9-19(27)12-23(20)28/h9-10,12,17-18,21-22,32H,7-8,11,13-16H2,1-6H3/t17-,18+,21-,22+,26-/m0/s1. The number of likely N-dealkylation sites (tertiary alicyclic amines) is 2. The summed E-state index contributed by atoms with van der Waals surface area (Å²) in [5, 5.41) is 11.3. The molecular formula is C26H40F2N2O2. The molecule has 0 saturated carbocycles. The van der Waals surface area contributed by atoms with Gasteiger partial charge in [0.15, 0.2) is 0 Å². The summed E-state index contributed by atoms with van der Waals surface area (Å²) in [6.45, 7) is 14.6. The Morgan fingerprint density at radius 1 is 1.12 bits per heavy atom. The lowest BCUT2D eigenvalue weighted by atomic mass is 9.72. The SMILES string of the molecule is CCCC[C@@]1(O)[C@H](C)CN(C(=O)[C@@H]2CN(C(C)(C)C)C[C@H]2c2ccc(F)cc2F)C[C@@H]1C. The highest BCUT2D eigenvalue weighted by Crippen LogP contribution is 2.41. The van der Waals surface area contributed by atoms with Gasteiger partial charge in [0, 0.05) is 55.5 Å². The first-order valence-electron chi connectivity index (χ1n) is 12.1. The molecule has 2 aliphatic rings. The topological polar surface area (TPSA) is 43.8 Å². The van der Waals surface area contributed by atoms with Gasteiger partial charge in [-0.2, -0.15) is 0 Å². The zero-order chi connectivity index (χ0) is 23.8. The van der Waals surface area contributed by atoms with Crippen molar-refractivity contribution in [3.05, 3.63) is 35.4 Å². The van der Waals surface area contributed by atoms with E-state index in [1.807, 2.05) is 18.7 Å². The van der Waals surface area contributed by atoms with Gasteiger partial charge in [0.2, 0.25) is 5.91 Å². The van der Waals surface area contributed by atoms with Crippen LogP contribution in [0.3, 0.4) is 0 Å². The number of piperidine rings is 1. The van der Waals surface area contributed by atoms with E-state index in [0.29, 0.717) is 31.7 Å². The molecule has 2 saturated heterocycles. The lowest BCUT2D eigenvalue weighted by Gasteiger charge is -2.48. The average molecular weight is 451 g/mol. The monoisotopic (exact) mass is 450 g/mol. The zero-order valence-electron chi connectivity index (χ0n) is 20.5. The molecule has 1 aromatic carbocycles. The van der Waals surface area contributed by atoms with Gasteiger partial charge >= 0.3 is 0 Å². The predicted molar refractivity (Wildman–Crippen MR) is 123 cm³/mol. The lowest BCUT2D eigenvalue weighted by Crippen LogP contribution is -2.58. The van der Waals surface area contributed by atoms with E-state index in [2.05, 4.69) is 32.6 Å². The van der Waals surface area contributed by atoms with Crippen molar-refractivity contribution >= 4 is 5.91 Å². The molecule has 3 rings (SSSR count). The Kier molecular flexibility index (Phi) is 7.36. The molecule has 1 amide bonds. The van der Waals surface area contributed by atoms with Gasteiger partial charge in [-0.05, 0) is 38.8 Å². The number of aliphatic hydroxyl groups is 1. The van der Waals surface area contributed by atoms with Crippen LogP contribution in [0, 0.1) is 29.4 Å². The first kappa shape index (κ1) is 25.1. The van der Waals surface area contributed by atoms with Gasteiger partial charge in [-0.25, -0.2) is 8.78 Å². The normalized spacial score (nSPS) is 31.8. The second-order valence-corrected chi connectivity index (χ2v) is 11.1. The van der Waals surface area contributed by atoms with Crippen molar-refractivity contribution in [2.45, 2.75) is 77.9 Å². The minimum Gasteiger partial charge on any atom is -0.389 e. The smallest absolute Gasteiger partial charge is 0.227 e. The summed E-state index contributed by atoms with van der Waals surface area (Å²) in [6.07, 6.45) is 2.74. The van der Waals surface area contributed by atoms with Gasteiger partial charge in [-0.3, -0.25) is 9.69 Å². The zero-order valence-corrected chi connectivity index (χ0v) is 20.5. The fraction of sp³-hybridized carbons (Fsp3) is 0.731. The second kappa shape index (κ2) is 9.38. The number of rotatable bonds is 5. The van der Waals surface area contributed by atoms with Crippen LogP contribution in [-0.2, 0) is 4.79 Å². The third-order valence-corrected chi connectivity index (χ3v) is 7.89. The van der Waals surface area contributed by atoms with Gasteiger partial charge in [0.1, 0.15) is 11.6 Å². The number of hydrogen-bond acceptors (Lipinski definition) is 3. The van der Waals surface area contributed by atoms with E-state index in [4.69, 9.17) is 0 Å². The summed E-state index contributed by atoms with van der Waals surface area (Å²) in [6, 6.07) is 3.68. The predicted octanol–water partition coefficient (Wildman–Crippen LogP) is 4.81. The number of benzene rings is 1. The maximum atomic E-state index is 14.7. The van der Waals surface area contributed by atoms with Gasteiger partial charge in [0.25, 0.3) is 0 Å². The molecule has 0 aromatic heterocycles. The molecule has 0 radical (unpaired) electrons. The van der Waals surface area contributed by atoms with Crippen LogP contribution in [0.5, 0.6) is 0 Å². The molecule has 0 aliphatic carbocycles. The number of carbonyl (C=O) groups is 1. The summed E-state index contributed by atoms with van der Waals surface area (Å²) < 4.78 is 28.3. The molecule has 5 atom stereocenters. The number of amides is 1. The Labute approximate surface area is 192 Å². The average Bonchev–Trinajstić information content (AvgIpc) is 3.15. The van der Waals surface area contributed by atoms with Crippen LogP contribution < -0.4 is 0 Å². The van der Waals surface area contributed by atoms with Gasteiger partial charge in [-0.15, -0.1) is 0 Å². The van der Waals surface area contributed by atoms with Crippen molar-refractivity contribution in [2.24, 2.45) is 17.8 Å². The molecule has 0 unspecified atom stereocenters. The van der Waals surface area contributed by atoms with Crippen LogP contribution in [0.25, 0.3) is 0 Å². The molecule has 32 heavy (non-hydrogen) atoms. The molecule has 2 heterocycles. The van der Waals surface area contributed by atoms with Crippen molar-refractivity contribution in [1.82, 2.24) is 9.80 Å². The Morgan fingerprint density at radius 2 is 1.75 bits per heavy atom. The molecule has 180 valence electrons. The first-order chi connectivity index (χ1) is 14.9. The van der Waals surface area contributed by atoms with E-state index in [1.165, 1.54) is 12.1 Å². The van der Waals surface area contributed by atoms with E-state index in [0.717, 1.165) is 25.3 Å². The van der Waals surface area contributed by atoms with Crippen LogP contribution in [0.2, 0.25) is 0 Å². The molecule has 2 aliphatic heterocycles. The summed E-state index contributed by atoms with van der Waals surface area (Å²) >= 11 is 0. The van der Waals surface area contributed by atoms with Crippen LogP contribution in [0.15, 0.2) is 18.2 Å². The molecule has 0 spiro atoms. The number of halogens is 2. The maximum absolute atomic E-state index is 14.7. The summed E-state index contributed by atoms with van der Waals surface area (Å²) in [4.78, 5) is 17.9. The quantitative estimate of drug-likeness (QED) is 0.700. The Hall–Kier alpha value is -1.53. The fourth-order valence-corrected chi connectivity index (χ4v) is 5.62. The molecule has 2 fully saturated rings. The minimum absolute atomic E-state index is 0.0155. The molecule has 1 aromatic rings. The van der Waals surface area contributed by atoms with Crippen molar-refractivity contribution in [2.75, 3.05) is 26.2 Å². The Balaban J connectivity index is 1.86. The third kappa shape index (κ3) is 4.86. The highest BCUT2D eigenvalue weighted by atomic mass is 19.1. The van der Waals surface area contributed by atoms with E-state index in [1.54, 1.807) is 0 Å². The fourth-order valence-electron chi connectivity index (χ4n) is 5.62. The molecular weight excluding hydrogens is 410 g/mol. The van der Waals surface area contributed by atoms with Crippen LogP contribution in [0.1, 0.15) is 72.3 Å². The second-order valence-electron chi connectivity index (χ2n) is 11.1. The Bertz CT molecular complexity index is 811. The van der Waals surface area contributed by atoms with E-state index in [9.17, 15) is 18.7 Å². The highest BCUT2D eigenvalue weighted by Gasteiger charge is 2.49. The molecule has 1 N–H and O–H groups in total. The van der Waals surface area contributed by atoms with Gasteiger partial charge in [0.05, 0.1) is 11.5 Å². The first-order valence-corrected chi connectivity index (χ1v) is 12.1. The number of hydrogen-bond donors (Lipinski definition) is 1. The van der Waals surface area contributed by atoms with Gasteiger partial charge in [-0.1, -0.05) is 39.7 Å². The van der Waals surface area contributed by atoms with Gasteiger partial charge < -0.3 is 10.0 Å².